The first-order valence-electron chi connectivity index (χ1n) is 4.98. The summed E-state index contributed by atoms with van der Waals surface area (Å²) in [6.07, 6.45) is 0. The van der Waals surface area contributed by atoms with E-state index >= 15 is 0 Å². The molecule has 0 aliphatic heterocycles. The number of halogens is 2. The molecular formula is C11H6Br2N2O3S. The molecule has 1 amide bonds. The molecule has 0 bridgehead atoms. The number of nitrogens with one attached hydrogen (secondary N) is 1. The second-order valence-electron chi connectivity index (χ2n) is 3.48. The van der Waals surface area contributed by atoms with Crippen LogP contribution in [0.1, 0.15) is 9.67 Å². The van der Waals surface area contributed by atoms with E-state index in [4.69, 9.17) is 0 Å². The molecular weight excluding hydrogens is 400 g/mol. The molecule has 1 aromatic heterocycles. The lowest BCUT2D eigenvalue weighted by atomic mass is 10.2. The van der Waals surface area contributed by atoms with E-state index in [0.717, 1.165) is 3.79 Å². The van der Waals surface area contributed by atoms with Gasteiger partial charge in [-0.05, 0) is 40.2 Å². The quantitative estimate of drug-likeness (QED) is 0.606. The summed E-state index contributed by atoms with van der Waals surface area (Å²) in [5.41, 5.74) is 0.0149. The molecule has 0 aliphatic carbocycles. The van der Waals surface area contributed by atoms with Crippen LogP contribution in [0.4, 0.5) is 11.4 Å². The number of carbonyl (C=O) groups is 1. The molecule has 0 fully saturated rings. The minimum Gasteiger partial charge on any atom is -0.316 e. The van der Waals surface area contributed by atoms with E-state index in [2.05, 4.69) is 37.2 Å². The molecule has 0 radical (unpaired) electrons. The number of benzene rings is 1. The molecule has 0 spiro atoms. The first-order chi connectivity index (χ1) is 8.97. The molecule has 1 heterocycles. The summed E-state index contributed by atoms with van der Waals surface area (Å²) >= 11 is 7.67. The van der Waals surface area contributed by atoms with Crippen molar-refractivity contribution in [3.63, 3.8) is 0 Å². The third-order valence-electron chi connectivity index (χ3n) is 2.20. The van der Waals surface area contributed by atoms with Gasteiger partial charge >= 0.3 is 0 Å². The van der Waals surface area contributed by atoms with Crippen LogP contribution in [-0.2, 0) is 0 Å². The first-order valence-corrected chi connectivity index (χ1v) is 7.38. The van der Waals surface area contributed by atoms with Crippen LogP contribution in [-0.4, -0.2) is 10.8 Å². The van der Waals surface area contributed by atoms with Crippen LogP contribution in [0.3, 0.4) is 0 Å². The van der Waals surface area contributed by atoms with E-state index in [1.54, 1.807) is 18.2 Å². The molecule has 0 unspecified atom stereocenters. The average Bonchev–Trinajstić information content (AvgIpc) is 2.78. The normalized spacial score (nSPS) is 10.2. The van der Waals surface area contributed by atoms with Crippen molar-refractivity contribution in [2.24, 2.45) is 0 Å². The Morgan fingerprint density at radius 3 is 2.58 bits per heavy atom. The van der Waals surface area contributed by atoms with Gasteiger partial charge in [-0.15, -0.1) is 11.3 Å². The van der Waals surface area contributed by atoms with Crippen LogP contribution in [0.5, 0.6) is 0 Å². The van der Waals surface area contributed by atoms with E-state index in [9.17, 15) is 14.9 Å². The van der Waals surface area contributed by atoms with Gasteiger partial charge < -0.3 is 5.32 Å². The van der Waals surface area contributed by atoms with Gasteiger partial charge in [0.1, 0.15) is 5.69 Å². The molecule has 19 heavy (non-hydrogen) atoms. The summed E-state index contributed by atoms with van der Waals surface area (Å²) in [5.74, 6) is -0.374. The van der Waals surface area contributed by atoms with Crippen molar-refractivity contribution in [2.75, 3.05) is 5.32 Å². The number of amides is 1. The Labute approximate surface area is 129 Å². The summed E-state index contributed by atoms with van der Waals surface area (Å²) < 4.78 is 1.40. The van der Waals surface area contributed by atoms with E-state index in [0.29, 0.717) is 9.35 Å². The molecule has 2 rings (SSSR count). The van der Waals surface area contributed by atoms with E-state index in [1.165, 1.54) is 23.5 Å². The van der Waals surface area contributed by atoms with Gasteiger partial charge in [-0.2, -0.15) is 0 Å². The van der Waals surface area contributed by atoms with Gasteiger partial charge in [-0.1, -0.05) is 15.9 Å². The van der Waals surface area contributed by atoms with Gasteiger partial charge in [-0.3, -0.25) is 14.9 Å². The molecule has 1 aromatic carbocycles. The number of hydrogen-bond donors (Lipinski definition) is 1. The van der Waals surface area contributed by atoms with E-state index in [1.807, 2.05) is 0 Å². The first kappa shape index (κ1) is 14.2. The van der Waals surface area contributed by atoms with Crippen molar-refractivity contribution in [3.05, 3.63) is 53.6 Å². The van der Waals surface area contributed by atoms with E-state index < -0.39 is 4.92 Å². The van der Waals surface area contributed by atoms with Crippen molar-refractivity contribution in [1.82, 2.24) is 0 Å². The number of rotatable bonds is 3. The third-order valence-corrected chi connectivity index (χ3v) is 4.32. The number of thiophene rings is 1. The van der Waals surface area contributed by atoms with Crippen LogP contribution >= 0.6 is 43.2 Å². The van der Waals surface area contributed by atoms with Crippen LogP contribution in [0.25, 0.3) is 0 Å². The zero-order valence-electron chi connectivity index (χ0n) is 9.22. The molecule has 5 nitrogen and oxygen atoms in total. The van der Waals surface area contributed by atoms with Crippen LogP contribution in [0.15, 0.2) is 38.6 Å². The summed E-state index contributed by atoms with van der Waals surface area (Å²) in [4.78, 5) is 22.8. The maximum absolute atomic E-state index is 11.9. The number of carbonyl (C=O) groups excluding carboxylic acids is 1. The standard InChI is InChI=1S/C11H6Br2N2O3S/c12-6-1-2-7(8(5-6)15(17)18)14-11(16)9-3-4-10(13)19-9/h1-5H,(H,14,16). The second kappa shape index (κ2) is 5.81. The van der Waals surface area contributed by atoms with Crippen molar-refractivity contribution in [2.45, 2.75) is 0 Å². The average molecular weight is 406 g/mol. The molecule has 0 aliphatic rings. The lowest BCUT2D eigenvalue weighted by Crippen LogP contribution is -2.11. The van der Waals surface area contributed by atoms with Gasteiger partial charge in [0.25, 0.3) is 11.6 Å². The summed E-state index contributed by atoms with van der Waals surface area (Å²) in [6, 6.07) is 7.86. The number of anilines is 1. The van der Waals surface area contributed by atoms with Crippen molar-refractivity contribution < 1.29 is 9.72 Å². The minimum atomic E-state index is -0.537. The predicted molar refractivity (Wildman–Crippen MR) is 80.8 cm³/mol. The second-order valence-corrected chi connectivity index (χ2v) is 6.86. The van der Waals surface area contributed by atoms with Crippen molar-refractivity contribution in [3.8, 4) is 0 Å². The Balaban J connectivity index is 2.28. The molecule has 0 atom stereocenters. The Kier molecular flexibility index (Phi) is 4.33. The Hall–Kier alpha value is -1.25. The summed E-state index contributed by atoms with van der Waals surface area (Å²) in [7, 11) is 0. The number of nitrogens with zero attached hydrogens (tertiary/aromatic N) is 1. The molecule has 8 heteroatoms. The number of hydrogen-bond acceptors (Lipinski definition) is 4. The highest BCUT2D eigenvalue weighted by molar-refractivity contribution is 9.11. The topological polar surface area (TPSA) is 72.2 Å². The Morgan fingerprint density at radius 1 is 1.26 bits per heavy atom. The third kappa shape index (κ3) is 3.40. The monoisotopic (exact) mass is 404 g/mol. The van der Waals surface area contributed by atoms with Crippen LogP contribution in [0.2, 0.25) is 0 Å². The molecule has 98 valence electrons. The minimum absolute atomic E-state index is 0.154. The van der Waals surface area contributed by atoms with Gasteiger partial charge in [0.2, 0.25) is 0 Å². The van der Waals surface area contributed by atoms with E-state index in [-0.39, 0.29) is 17.3 Å². The smallest absolute Gasteiger partial charge is 0.293 e. The Morgan fingerprint density at radius 2 is 2.00 bits per heavy atom. The molecule has 0 saturated heterocycles. The highest BCUT2D eigenvalue weighted by Gasteiger charge is 2.17. The maximum Gasteiger partial charge on any atom is 0.293 e. The number of nitro groups is 1. The fourth-order valence-corrected chi connectivity index (χ4v) is 3.01. The summed E-state index contributed by atoms with van der Waals surface area (Å²) in [5, 5.41) is 13.5. The largest absolute Gasteiger partial charge is 0.316 e. The lowest BCUT2D eigenvalue weighted by Gasteiger charge is -2.04. The fraction of sp³-hybridized carbons (Fsp3) is 0. The lowest BCUT2D eigenvalue weighted by molar-refractivity contribution is -0.384. The highest BCUT2D eigenvalue weighted by atomic mass is 79.9. The number of nitro benzene ring substituents is 1. The Bertz CT molecular complexity index is 657. The van der Waals surface area contributed by atoms with Crippen LogP contribution < -0.4 is 5.32 Å². The molecule has 0 saturated carbocycles. The van der Waals surface area contributed by atoms with Crippen molar-refractivity contribution >= 4 is 60.5 Å². The maximum atomic E-state index is 11.9. The van der Waals surface area contributed by atoms with Crippen molar-refractivity contribution in [1.29, 1.82) is 0 Å². The van der Waals surface area contributed by atoms with Crippen LogP contribution in [0, 0.1) is 10.1 Å². The van der Waals surface area contributed by atoms with Gasteiger partial charge in [0, 0.05) is 10.5 Å². The zero-order valence-corrected chi connectivity index (χ0v) is 13.2. The van der Waals surface area contributed by atoms with Gasteiger partial charge in [0.15, 0.2) is 0 Å². The molecule has 2 aromatic rings. The zero-order chi connectivity index (χ0) is 14.0. The fourth-order valence-electron chi connectivity index (χ4n) is 1.38. The summed E-state index contributed by atoms with van der Waals surface area (Å²) in [6.45, 7) is 0. The van der Waals surface area contributed by atoms with Gasteiger partial charge in [0.05, 0.1) is 13.6 Å². The predicted octanol–water partition coefficient (Wildman–Crippen LogP) is 4.43. The SMILES string of the molecule is O=C(Nc1ccc(Br)cc1[N+](=O)[O-])c1ccc(Br)s1. The molecule has 1 N–H and O–H groups in total. The van der Waals surface area contributed by atoms with Gasteiger partial charge in [-0.25, -0.2) is 0 Å². The highest BCUT2D eigenvalue weighted by Crippen LogP contribution is 2.29.